The maximum atomic E-state index is 6.34. The number of fused-ring (bicyclic) bond motifs is 1. The lowest BCUT2D eigenvalue weighted by Gasteiger charge is -2.20. The van der Waals surface area contributed by atoms with Gasteiger partial charge in [0.2, 0.25) is 0 Å². The van der Waals surface area contributed by atoms with Crippen LogP contribution in [0, 0.1) is 6.92 Å². The van der Waals surface area contributed by atoms with Crippen molar-refractivity contribution in [1.29, 1.82) is 0 Å². The molecule has 0 saturated heterocycles. The van der Waals surface area contributed by atoms with Crippen LogP contribution >= 0.6 is 0 Å². The highest BCUT2D eigenvalue weighted by Gasteiger charge is 2.31. The van der Waals surface area contributed by atoms with E-state index in [1.54, 1.807) is 0 Å². The Morgan fingerprint density at radius 1 is 1.35 bits per heavy atom. The third kappa shape index (κ3) is 2.07. The number of hydrogen-bond donors (Lipinski definition) is 1. The average Bonchev–Trinajstić information content (AvgIpc) is 2.84. The molecule has 17 heavy (non-hydrogen) atoms. The maximum Gasteiger partial charge on any atom is 0.197 e. The Bertz CT molecular complexity index is 538. The van der Waals surface area contributed by atoms with Gasteiger partial charge in [-0.1, -0.05) is 18.9 Å². The van der Waals surface area contributed by atoms with Crippen LogP contribution in [-0.2, 0) is 6.42 Å². The van der Waals surface area contributed by atoms with E-state index < -0.39 is 0 Å². The Balaban J connectivity index is 1.90. The minimum atomic E-state index is -0.0874. The molecule has 1 aromatic carbocycles. The normalized spacial score (nSPS) is 18.9. The zero-order valence-electron chi connectivity index (χ0n) is 10.2. The molecule has 0 spiro atoms. The topological polar surface area (TPSA) is 52.0 Å². The Morgan fingerprint density at radius 3 is 2.88 bits per heavy atom. The highest BCUT2D eigenvalue weighted by atomic mass is 16.3. The smallest absolute Gasteiger partial charge is 0.197 e. The Morgan fingerprint density at radius 2 is 2.12 bits per heavy atom. The molecule has 1 saturated carbocycles. The average molecular weight is 230 g/mol. The van der Waals surface area contributed by atoms with E-state index in [-0.39, 0.29) is 5.54 Å². The summed E-state index contributed by atoms with van der Waals surface area (Å²) in [4.78, 5) is 4.54. The third-order valence-electron chi connectivity index (χ3n) is 3.69. The summed E-state index contributed by atoms with van der Waals surface area (Å²) in [5, 5.41) is 0. The van der Waals surface area contributed by atoms with Crippen LogP contribution in [0.2, 0.25) is 0 Å². The molecule has 1 fully saturated rings. The zero-order chi connectivity index (χ0) is 11.9. The number of oxazole rings is 1. The number of aromatic nitrogens is 1. The summed E-state index contributed by atoms with van der Waals surface area (Å²) < 4.78 is 5.76. The molecule has 0 atom stereocenters. The second-order valence-electron chi connectivity index (χ2n) is 5.33. The van der Waals surface area contributed by atoms with Gasteiger partial charge in [0.1, 0.15) is 5.52 Å². The molecule has 90 valence electrons. The molecule has 0 aliphatic heterocycles. The molecule has 0 radical (unpaired) electrons. The van der Waals surface area contributed by atoms with Gasteiger partial charge < -0.3 is 10.2 Å². The lowest BCUT2D eigenvalue weighted by atomic mass is 9.95. The van der Waals surface area contributed by atoms with Gasteiger partial charge in [-0.2, -0.15) is 0 Å². The number of nitrogens with two attached hydrogens (primary N) is 1. The quantitative estimate of drug-likeness (QED) is 0.863. The van der Waals surface area contributed by atoms with Crippen LogP contribution in [0.5, 0.6) is 0 Å². The second-order valence-corrected chi connectivity index (χ2v) is 5.33. The number of rotatable bonds is 2. The van der Waals surface area contributed by atoms with Crippen molar-refractivity contribution >= 4 is 11.1 Å². The minimum Gasteiger partial charge on any atom is -0.441 e. The monoisotopic (exact) mass is 230 g/mol. The predicted octanol–water partition coefficient (Wildman–Crippen LogP) is 2.95. The van der Waals surface area contributed by atoms with Crippen LogP contribution in [0.3, 0.4) is 0 Å². The lowest BCUT2D eigenvalue weighted by Crippen LogP contribution is -2.38. The van der Waals surface area contributed by atoms with Crippen molar-refractivity contribution in [3.63, 3.8) is 0 Å². The van der Waals surface area contributed by atoms with E-state index in [4.69, 9.17) is 10.2 Å². The summed E-state index contributed by atoms with van der Waals surface area (Å²) >= 11 is 0. The van der Waals surface area contributed by atoms with Crippen molar-refractivity contribution in [2.24, 2.45) is 5.73 Å². The summed E-state index contributed by atoms with van der Waals surface area (Å²) in [5.74, 6) is 0.787. The van der Waals surface area contributed by atoms with Crippen molar-refractivity contribution in [3.05, 3.63) is 29.7 Å². The summed E-state index contributed by atoms with van der Waals surface area (Å²) in [6.45, 7) is 2.06. The van der Waals surface area contributed by atoms with Gasteiger partial charge in [-0.05, 0) is 37.5 Å². The van der Waals surface area contributed by atoms with E-state index in [9.17, 15) is 0 Å². The van der Waals surface area contributed by atoms with Gasteiger partial charge in [-0.15, -0.1) is 0 Å². The van der Waals surface area contributed by atoms with E-state index in [0.29, 0.717) is 0 Å². The number of hydrogen-bond acceptors (Lipinski definition) is 3. The summed E-state index contributed by atoms with van der Waals surface area (Å²) in [5.41, 5.74) is 9.28. The Kier molecular flexibility index (Phi) is 2.44. The molecule has 3 nitrogen and oxygen atoms in total. The first-order valence-electron chi connectivity index (χ1n) is 6.30. The van der Waals surface area contributed by atoms with E-state index in [0.717, 1.165) is 36.3 Å². The molecular weight excluding hydrogens is 212 g/mol. The van der Waals surface area contributed by atoms with Gasteiger partial charge in [0.15, 0.2) is 11.5 Å². The molecule has 3 rings (SSSR count). The van der Waals surface area contributed by atoms with Crippen molar-refractivity contribution in [2.75, 3.05) is 0 Å². The molecule has 1 aliphatic carbocycles. The molecule has 3 heteroatoms. The maximum absolute atomic E-state index is 6.34. The predicted molar refractivity (Wildman–Crippen MR) is 67.8 cm³/mol. The molecule has 0 amide bonds. The third-order valence-corrected chi connectivity index (χ3v) is 3.69. The minimum absolute atomic E-state index is 0.0874. The highest BCUT2D eigenvalue weighted by Crippen LogP contribution is 2.31. The molecule has 0 unspecified atom stereocenters. The van der Waals surface area contributed by atoms with Crippen LogP contribution in [0.1, 0.15) is 37.1 Å². The SMILES string of the molecule is Cc1ccc2oc(CC3(N)CCCC3)nc2c1. The van der Waals surface area contributed by atoms with Crippen molar-refractivity contribution in [1.82, 2.24) is 4.98 Å². The van der Waals surface area contributed by atoms with Gasteiger partial charge in [-0.3, -0.25) is 0 Å². The lowest BCUT2D eigenvalue weighted by molar-refractivity contribution is 0.385. The molecular formula is C14H18N2O. The fraction of sp³-hybridized carbons (Fsp3) is 0.500. The highest BCUT2D eigenvalue weighted by molar-refractivity contribution is 5.73. The van der Waals surface area contributed by atoms with Crippen LogP contribution < -0.4 is 5.73 Å². The first kappa shape index (κ1) is 10.8. The van der Waals surface area contributed by atoms with Gasteiger partial charge in [0.05, 0.1) is 0 Å². The Labute approximate surface area is 101 Å². The summed E-state index contributed by atoms with van der Waals surface area (Å²) in [6.07, 6.45) is 5.40. The largest absolute Gasteiger partial charge is 0.441 e. The Hall–Kier alpha value is -1.35. The van der Waals surface area contributed by atoms with Crippen molar-refractivity contribution in [2.45, 2.75) is 44.6 Å². The fourth-order valence-corrected chi connectivity index (χ4v) is 2.72. The zero-order valence-corrected chi connectivity index (χ0v) is 10.2. The molecule has 2 N–H and O–H groups in total. The fourth-order valence-electron chi connectivity index (χ4n) is 2.72. The van der Waals surface area contributed by atoms with E-state index in [1.807, 2.05) is 12.1 Å². The van der Waals surface area contributed by atoms with Crippen LogP contribution in [-0.4, -0.2) is 10.5 Å². The van der Waals surface area contributed by atoms with Crippen molar-refractivity contribution < 1.29 is 4.42 Å². The molecule has 1 heterocycles. The standard InChI is InChI=1S/C14H18N2O/c1-10-4-5-12-11(8-10)16-13(17-12)9-14(15)6-2-3-7-14/h4-5,8H,2-3,6-7,9,15H2,1H3. The van der Waals surface area contributed by atoms with Gasteiger partial charge in [-0.25, -0.2) is 4.98 Å². The number of nitrogens with zero attached hydrogens (tertiary/aromatic N) is 1. The number of aryl methyl sites for hydroxylation is 1. The summed E-state index contributed by atoms with van der Waals surface area (Å²) in [6, 6.07) is 6.09. The van der Waals surface area contributed by atoms with Crippen molar-refractivity contribution in [3.8, 4) is 0 Å². The summed E-state index contributed by atoms with van der Waals surface area (Å²) in [7, 11) is 0. The van der Waals surface area contributed by atoms with E-state index in [2.05, 4.69) is 18.0 Å². The van der Waals surface area contributed by atoms with Gasteiger partial charge >= 0.3 is 0 Å². The first-order valence-corrected chi connectivity index (χ1v) is 6.30. The number of benzene rings is 1. The molecule has 0 bridgehead atoms. The van der Waals surface area contributed by atoms with Crippen LogP contribution in [0.15, 0.2) is 22.6 Å². The van der Waals surface area contributed by atoms with Crippen LogP contribution in [0.4, 0.5) is 0 Å². The second kappa shape index (κ2) is 3.84. The van der Waals surface area contributed by atoms with Gasteiger partial charge in [0.25, 0.3) is 0 Å². The first-order chi connectivity index (χ1) is 8.15. The van der Waals surface area contributed by atoms with E-state index in [1.165, 1.54) is 18.4 Å². The molecule has 2 aromatic rings. The van der Waals surface area contributed by atoms with Gasteiger partial charge in [0, 0.05) is 12.0 Å². The van der Waals surface area contributed by atoms with E-state index >= 15 is 0 Å². The molecule has 1 aliphatic rings. The molecule has 1 aromatic heterocycles. The van der Waals surface area contributed by atoms with Crippen LogP contribution in [0.25, 0.3) is 11.1 Å².